The third kappa shape index (κ3) is 6.34. The lowest BCUT2D eigenvalue weighted by Crippen LogP contribution is -2.13. The second-order valence-corrected chi connectivity index (χ2v) is 6.78. The number of nitrogens with zero attached hydrogens (tertiary/aromatic N) is 3. The van der Waals surface area contributed by atoms with Gasteiger partial charge >= 0.3 is 5.69 Å². The summed E-state index contributed by atoms with van der Waals surface area (Å²) >= 11 is 0. The maximum atomic E-state index is 11.0. The van der Waals surface area contributed by atoms with Gasteiger partial charge in [0, 0.05) is 19.3 Å². The average molecular weight is 317 g/mol. The van der Waals surface area contributed by atoms with E-state index in [-0.39, 0.29) is 23.8 Å². The molecule has 0 aromatic carbocycles. The van der Waals surface area contributed by atoms with Crippen LogP contribution >= 0.6 is 0 Å². The summed E-state index contributed by atoms with van der Waals surface area (Å²) in [6, 6.07) is 0. The van der Waals surface area contributed by atoms with Crippen LogP contribution in [0.1, 0.15) is 19.8 Å². The minimum absolute atomic E-state index is 0.0137. The highest BCUT2D eigenvalue weighted by atomic mass is 32.2. The largest absolute Gasteiger partial charge is 0.364 e. The zero-order chi connectivity index (χ0) is 15.9. The highest BCUT2D eigenvalue weighted by Crippen LogP contribution is 2.21. The van der Waals surface area contributed by atoms with E-state index < -0.39 is 14.8 Å². The lowest BCUT2D eigenvalue weighted by atomic mass is 10.4. The van der Waals surface area contributed by atoms with E-state index in [0.717, 1.165) is 18.9 Å². The van der Waals surface area contributed by atoms with Crippen LogP contribution in [0.4, 0.5) is 17.5 Å². The normalized spacial score (nSPS) is 11.1. The van der Waals surface area contributed by atoms with Crippen LogP contribution in [0.2, 0.25) is 0 Å². The van der Waals surface area contributed by atoms with Crippen molar-refractivity contribution in [3.05, 3.63) is 16.3 Å². The summed E-state index contributed by atoms with van der Waals surface area (Å²) in [6.07, 6.45) is 3.49. The number of hydrogen-bond donors (Lipinski definition) is 2. The Bertz CT molecular complexity index is 590. The van der Waals surface area contributed by atoms with Gasteiger partial charge in [-0.15, -0.1) is 0 Å². The van der Waals surface area contributed by atoms with Crippen LogP contribution in [-0.2, 0) is 9.84 Å². The second-order valence-electron chi connectivity index (χ2n) is 4.52. The van der Waals surface area contributed by atoms with Crippen molar-refractivity contribution in [3.63, 3.8) is 0 Å². The average Bonchev–Trinajstić information content (AvgIpc) is 2.40. The van der Waals surface area contributed by atoms with Gasteiger partial charge in [0.15, 0.2) is 0 Å². The van der Waals surface area contributed by atoms with Crippen molar-refractivity contribution in [1.82, 2.24) is 9.97 Å². The lowest BCUT2D eigenvalue weighted by molar-refractivity contribution is -0.384. The maximum absolute atomic E-state index is 11.0. The standard InChI is InChI=1S/C11H19N5O4S/c1-3-5-13-11-14-8-9(16(17)18)10(15-11)12-6-4-7-21(2,19)20/h8H,3-7H2,1-2H3,(H2,12,13,14,15). The van der Waals surface area contributed by atoms with Gasteiger partial charge in [-0.1, -0.05) is 6.92 Å². The number of hydrogen-bond acceptors (Lipinski definition) is 8. The molecule has 1 aromatic heterocycles. The van der Waals surface area contributed by atoms with Crippen molar-refractivity contribution in [2.45, 2.75) is 19.8 Å². The molecule has 0 saturated carbocycles. The van der Waals surface area contributed by atoms with Crippen LogP contribution in [0.25, 0.3) is 0 Å². The minimum atomic E-state index is -3.04. The first-order valence-electron chi connectivity index (χ1n) is 6.50. The van der Waals surface area contributed by atoms with Gasteiger partial charge < -0.3 is 10.6 Å². The number of rotatable bonds is 9. The molecule has 1 rings (SSSR count). The Morgan fingerprint density at radius 2 is 2.05 bits per heavy atom. The van der Waals surface area contributed by atoms with E-state index in [1.807, 2.05) is 6.92 Å². The molecule has 118 valence electrons. The molecule has 0 saturated heterocycles. The summed E-state index contributed by atoms with van der Waals surface area (Å²) in [4.78, 5) is 18.2. The first kappa shape index (κ1) is 17.1. The van der Waals surface area contributed by atoms with E-state index in [9.17, 15) is 18.5 Å². The van der Waals surface area contributed by atoms with Gasteiger partial charge in [0.25, 0.3) is 0 Å². The van der Waals surface area contributed by atoms with E-state index in [2.05, 4.69) is 20.6 Å². The third-order valence-corrected chi connectivity index (χ3v) is 3.51. The van der Waals surface area contributed by atoms with Crippen molar-refractivity contribution in [2.24, 2.45) is 0 Å². The molecule has 21 heavy (non-hydrogen) atoms. The van der Waals surface area contributed by atoms with Crippen LogP contribution in [0.5, 0.6) is 0 Å². The number of aromatic nitrogens is 2. The van der Waals surface area contributed by atoms with Gasteiger partial charge in [-0.05, 0) is 12.8 Å². The number of sulfone groups is 1. The summed E-state index contributed by atoms with van der Waals surface area (Å²) in [5.74, 6) is 0.398. The van der Waals surface area contributed by atoms with Crippen LogP contribution in [0, 0.1) is 10.1 Å². The van der Waals surface area contributed by atoms with Gasteiger partial charge in [0.05, 0.1) is 10.7 Å². The molecule has 0 aliphatic rings. The second kappa shape index (κ2) is 7.72. The number of nitrogens with one attached hydrogen (secondary N) is 2. The summed E-state index contributed by atoms with van der Waals surface area (Å²) in [6.45, 7) is 2.91. The van der Waals surface area contributed by atoms with Crippen LogP contribution in [0.15, 0.2) is 6.20 Å². The first-order chi connectivity index (χ1) is 9.83. The van der Waals surface area contributed by atoms with Crippen molar-refractivity contribution in [1.29, 1.82) is 0 Å². The summed E-state index contributed by atoms with van der Waals surface area (Å²) in [7, 11) is -3.04. The molecule has 1 aromatic rings. The van der Waals surface area contributed by atoms with Crippen LogP contribution in [-0.4, -0.2) is 48.4 Å². The Labute approximate surface area is 123 Å². The molecule has 0 bridgehead atoms. The maximum Gasteiger partial charge on any atom is 0.329 e. The molecule has 0 atom stereocenters. The fourth-order valence-corrected chi connectivity index (χ4v) is 2.17. The molecule has 0 unspecified atom stereocenters. The van der Waals surface area contributed by atoms with E-state index in [4.69, 9.17) is 0 Å². The van der Waals surface area contributed by atoms with Gasteiger partial charge in [-0.3, -0.25) is 10.1 Å². The fourth-order valence-electron chi connectivity index (χ4n) is 1.50. The van der Waals surface area contributed by atoms with E-state index in [0.29, 0.717) is 18.9 Å². The Hall–Kier alpha value is -1.97. The Morgan fingerprint density at radius 1 is 1.33 bits per heavy atom. The van der Waals surface area contributed by atoms with Crippen molar-refractivity contribution < 1.29 is 13.3 Å². The Balaban J connectivity index is 2.74. The van der Waals surface area contributed by atoms with Crippen molar-refractivity contribution in [2.75, 3.05) is 35.7 Å². The molecule has 0 fully saturated rings. The highest BCUT2D eigenvalue weighted by Gasteiger charge is 2.17. The zero-order valence-electron chi connectivity index (χ0n) is 12.0. The molecular formula is C11H19N5O4S. The topological polar surface area (TPSA) is 127 Å². The van der Waals surface area contributed by atoms with Gasteiger partial charge in [0.2, 0.25) is 11.8 Å². The smallest absolute Gasteiger partial charge is 0.329 e. The van der Waals surface area contributed by atoms with E-state index in [1.165, 1.54) is 0 Å². The molecular weight excluding hydrogens is 298 g/mol. The predicted molar refractivity (Wildman–Crippen MR) is 80.3 cm³/mol. The van der Waals surface area contributed by atoms with Crippen LogP contribution in [0.3, 0.4) is 0 Å². The molecule has 1 heterocycles. The molecule has 0 radical (unpaired) electrons. The Morgan fingerprint density at radius 3 is 2.62 bits per heavy atom. The number of anilines is 2. The molecule has 9 nitrogen and oxygen atoms in total. The molecule has 0 amide bonds. The molecule has 0 aliphatic heterocycles. The minimum Gasteiger partial charge on any atom is -0.364 e. The summed E-state index contributed by atoms with van der Waals surface area (Å²) in [5, 5.41) is 16.6. The molecule has 0 spiro atoms. The SMILES string of the molecule is CCCNc1ncc([N+](=O)[O-])c(NCCCS(C)(=O)=O)n1. The van der Waals surface area contributed by atoms with Crippen molar-refractivity contribution in [3.8, 4) is 0 Å². The summed E-state index contributed by atoms with van der Waals surface area (Å²) < 4.78 is 22.0. The van der Waals surface area contributed by atoms with Crippen LogP contribution < -0.4 is 10.6 Å². The molecule has 0 aliphatic carbocycles. The summed E-state index contributed by atoms with van der Waals surface area (Å²) in [5.41, 5.74) is -0.239. The lowest BCUT2D eigenvalue weighted by Gasteiger charge is -2.08. The third-order valence-electron chi connectivity index (χ3n) is 2.48. The van der Waals surface area contributed by atoms with Crippen molar-refractivity contribution >= 4 is 27.3 Å². The van der Waals surface area contributed by atoms with Gasteiger partial charge in [-0.2, -0.15) is 4.98 Å². The predicted octanol–water partition coefficient (Wildman–Crippen LogP) is 1.05. The van der Waals surface area contributed by atoms with E-state index in [1.54, 1.807) is 0 Å². The highest BCUT2D eigenvalue weighted by molar-refractivity contribution is 7.90. The molecule has 2 N–H and O–H groups in total. The molecule has 10 heteroatoms. The quantitative estimate of drug-likeness (QED) is 0.393. The Kier molecular flexibility index (Phi) is 6.28. The monoisotopic (exact) mass is 317 g/mol. The van der Waals surface area contributed by atoms with Gasteiger partial charge in [0.1, 0.15) is 16.0 Å². The van der Waals surface area contributed by atoms with Gasteiger partial charge in [-0.25, -0.2) is 13.4 Å². The number of nitro groups is 1. The fraction of sp³-hybridized carbons (Fsp3) is 0.636. The first-order valence-corrected chi connectivity index (χ1v) is 8.56. The zero-order valence-corrected chi connectivity index (χ0v) is 12.8. The van der Waals surface area contributed by atoms with E-state index >= 15 is 0 Å².